The Labute approximate surface area is 79.2 Å². The van der Waals surface area contributed by atoms with Crippen LogP contribution in [0.2, 0.25) is 0 Å². The molecule has 13 heavy (non-hydrogen) atoms. The number of thioether (sulfide) groups is 1. The summed E-state index contributed by atoms with van der Waals surface area (Å²) in [6, 6.07) is 6.57. The van der Waals surface area contributed by atoms with E-state index >= 15 is 0 Å². The average molecular weight is 194 g/mol. The van der Waals surface area contributed by atoms with Gasteiger partial charge in [0.2, 0.25) is 0 Å². The van der Waals surface area contributed by atoms with Crippen molar-refractivity contribution in [3.8, 4) is 5.40 Å². The summed E-state index contributed by atoms with van der Waals surface area (Å²) in [6.45, 7) is 0. The Kier molecular flexibility index (Phi) is 3.17. The van der Waals surface area contributed by atoms with Crippen molar-refractivity contribution in [2.24, 2.45) is 0 Å². The van der Waals surface area contributed by atoms with Crippen LogP contribution in [0.3, 0.4) is 0 Å². The molecule has 0 radical (unpaired) electrons. The van der Waals surface area contributed by atoms with Gasteiger partial charge in [0.1, 0.15) is 5.40 Å². The molecule has 0 spiro atoms. The molecule has 1 amide bonds. The second kappa shape index (κ2) is 4.38. The number of benzene rings is 1. The van der Waals surface area contributed by atoms with Gasteiger partial charge < -0.3 is 5.11 Å². The Balaban J connectivity index is 2.70. The minimum Gasteiger partial charge on any atom is -0.465 e. The number of carbonyl (C=O) groups is 1. The summed E-state index contributed by atoms with van der Waals surface area (Å²) < 4.78 is 0. The van der Waals surface area contributed by atoms with Gasteiger partial charge in [0.25, 0.3) is 0 Å². The Morgan fingerprint density at radius 1 is 1.46 bits per heavy atom. The maximum Gasteiger partial charge on any atom is 0.409 e. The van der Waals surface area contributed by atoms with E-state index in [4.69, 9.17) is 10.4 Å². The van der Waals surface area contributed by atoms with Crippen molar-refractivity contribution < 1.29 is 9.90 Å². The van der Waals surface area contributed by atoms with E-state index < -0.39 is 6.09 Å². The van der Waals surface area contributed by atoms with E-state index in [2.05, 4.69) is 5.32 Å². The normalized spacial score (nSPS) is 8.85. The Morgan fingerprint density at radius 2 is 2.08 bits per heavy atom. The first-order valence-corrected chi connectivity index (χ1v) is 4.20. The highest BCUT2D eigenvalue weighted by molar-refractivity contribution is 8.03. The number of carboxylic acid groups (broad SMARTS) is 1. The molecule has 2 N–H and O–H groups in total. The molecule has 1 rings (SSSR count). The van der Waals surface area contributed by atoms with Crippen LogP contribution in [-0.2, 0) is 0 Å². The van der Waals surface area contributed by atoms with E-state index in [9.17, 15) is 4.79 Å². The highest BCUT2D eigenvalue weighted by Gasteiger charge is 1.97. The summed E-state index contributed by atoms with van der Waals surface area (Å²) >= 11 is 1.03. The largest absolute Gasteiger partial charge is 0.465 e. The molecular formula is C8H6N2O2S. The van der Waals surface area contributed by atoms with Crippen molar-refractivity contribution in [2.45, 2.75) is 4.90 Å². The minimum atomic E-state index is -1.10. The molecule has 4 nitrogen and oxygen atoms in total. The van der Waals surface area contributed by atoms with Gasteiger partial charge in [0.15, 0.2) is 0 Å². The monoisotopic (exact) mass is 194 g/mol. The van der Waals surface area contributed by atoms with E-state index in [-0.39, 0.29) is 0 Å². The predicted molar refractivity (Wildman–Crippen MR) is 49.6 cm³/mol. The lowest BCUT2D eigenvalue weighted by atomic mass is 10.3. The van der Waals surface area contributed by atoms with E-state index in [1.165, 1.54) is 0 Å². The molecule has 1 aromatic carbocycles. The quantitative estimate of drug-likeness (QED) is 0.559. The number of rotatable bonds is 2. The smallest absolute Gasteiger partial charge is 0.409 e. The third-order valence-corrected chi connectivity index (χ3v) is 1.87. The third kappa shape index (κ3) is 3.05. The number of anilines is 1. The van der Waals surface area contributed by atoms with Gasteiger partial charge in [-0.25, -0.2) is 4.79 Å². The second-order valence-corrected chi connectivity index (χ2v) is 3.01. The number of thiocyanates is 1. The molecule has 5 heteroatoms. The zero-order valence-corrected chi connectivity index (χ0v) is 7.34. The molecule has 0 heterocycles. The van der Waals surface area contributed by atoms with Crippen LogP contribution in [0.4, 0.5) is 10.5 Å². The van der Waals surface area contributed by atoms with Gasteiger partial charge in [-0.3, -0.25) is 5.32 Å². The van der Waals surface area contributed by atoms with Crippen molar-refractivity contribution in [1.82, 2.24) is 0 Å². The number of hydrogen-bond acceptors (Lipinski definition) is 3. The molecule has 0 unspecified atom stereocenters. The molecule has 0 aliphatic carbocycles. The third-order valence-electron chi connectivity index (χ3n) is 1.27. The standard InChI is InChI=1S/C8H6N2O2S/c9-5-13-7-3-1-6(2-4-7)10-8(11)12/h1-4,10H,(H,11,12). The molecule has 66 valence electrons. The maximum absolute atomic E-state index is 10.2. The van der Waals surface area contributed by atoms with Gasteiger partial charge in [-0.1, -0.05) is 0 Å². The average Bonchev–Trinajstić information content (AvgIpc) is 2.08. The second-order valence-electron chi connectivity index (χ2n) is 2.15. The lowest BCUT2D eigenvalue weighted by molar-refractivity contribution is 0.210. The number of nitriles is 1. The van der Waals surface area contributed by atoms with Crippen LogP contribution in [-0.4, -0.2) is 11.2 Å². The van der Waals surface area contributed by atoms with E-state index in [1.807, 2.05) is 5.40 Å². The first-order valence-electron chi connectivity index (χ1n) is 3.38. The van der Waals surface area contributed by atoms with Gasteiger partial charge in [0.05, 0.1) is 0 Å². The highest BCUT2D eigenvalue weighted by Crippen LogP contribution is 2.18. The van der Waals surface area contributed by atoms with Gasteiger partial charge in [-0.05, 0) is 36.0 Å². The van der Waals surface area contributed by atoms with Crippen LogP contribution < -0.4 is 5.32 Å². The first kappa shape index (κ1) is 9.42. The van der Waals surface area contributed by atoms with Crippen LogP contribution >= 0.6 is 11.8 Å². The van der Waals surface area contributed by atoms with Crippen LogP contribution in [0.5, 0.6) is 0 Å². The van der Waals surface area contributed by atoms with Gasteiger partial charge in [0, 0.05) is 10.6 Å². The zero-order valence-electron chi connectivity index (χ0n) is 6.52. The molecule has 0 fully saturated rings. The number of hydrogen-bond donors (Lipinski definition) is 2. The van der Waals surface area contributed by atoms with Gasteiger partial charge in [-0.2, -0.15) is 5.26 Å². The molecule has 0 aromatic heterocycles. The SMILES string of the molecule is N#CSc1ccc(NC(=O)O)cc1. The molecule has 1 aromatic rings. The predicted octanol–water partition coefficient (Wildman–Crippen LogP) is 2.35. The lowest BCUT2D eigenvalue weighted by Gasteiger charge is -1.99. The van der Waals surface area contributed by atoms with E-state index in [1.54, 1.807) is 24.3 Å². The van der Waals surface area contributed by atoms with Crippen LogP contribution in [0.15, 0.2) is 29.2 Å². The zero-order chi connectivity index (χ0) is 9.68. The molecule has 0 atom stereocenters. The van der Waals surface area contributed by atoms with E-state index in [0.29, 0.717) is 5.69 Å². The molecule has 0 saturated carbocycles. The molecule has 0 aliphatic heterocycles. The number of nitrogens with zero attached hydrogens (tertiary/aromatic N) is 1. The summed E-state index contributed by atoms with van der Waals surface area (Å²) in [5.74, 6) is 0. The molecular weight excluding hydrogens is 188 g/mol. The Bertz CT molecular complexity index is 342. The Morgan fingerprint density at radius 3 is 2.54 bits per heavy atom. The fraction of sp³-hybridized carbons (Fsp3) is 0. The van der Waals surface area contributed by atoms with Crippen molar-refractivity contribution in [1.29, 1.82) is 5.26 Å². The maximum atomic E-state index is 10.2. The summed E-state index contributed by atoms with van der Waals surface area (Å²) in [4.78, 5) is 11.0. The van der Waals surface area contributed by atoms with Crippen LogP contribution in [0, 0.1) is 10.7 Å². The summed E-state index contributed by atoms with van der Waals surface area (Å²) in [5, 5.41) is 20.8. The fourth-order valence-electron chi connectivity index (χ4n) is 0.782. The molecule has 0 aliphatic rings. The fourth-order valence-corrected chi connectivity index (χ4v) is 1.16. The Hall–Kier alpha value is -1.67. The number of amides is 1. The van der Waals surface area contributed by atoms with E-state index in [0.717, 1.165) is 16.7 Å². The van der Waals surface area contributed by atoms with Crippen molar-refractivity contribution in [3.05, 3.63) is 24.3 Å². The van der Waals surface area contributed by atoms with Crippen LogP contribution in [0.25, 0.3) is 0 Å². The van der Waals surface area contributed by atoms with Crippen molar-refractivity contribution in [2.75, 3.05) is 5.32 Å². The minimum absolute atomic E-state index is 0.495. The summed E-state index contributed by atoms with van der Waals surface area (Å²) in [6.07, 6.45) is -1.10. The summed E-state index contributed by atoms with van der Waals surface area (Å²) in [5.41, 5.74) is 0.495. The first-order chi connectivity index (χ1) is 6.22. The van der Waals surface area contributed by atoms with Crippen LogP contribution in [0.1, 0.15) is 0 Å². The van der Waals surface area contributed by atoms with Gasteiger partial charge in [-0.15, -0.1) is 0 Å². The molecule has 0 saturated heterocycles. The lowest BCUT2D eigenvalue weighted by Crippen LogP contribution is -2.06. The topological polar surface area (TPSA) is 73.1 Å². The highest BCUT2D eigenvalue weighted by atomic mass is 32.2. The van der Waals surface area contributed by atoms with Crippen molar-refractivity contribution in [3.63, 3.8) is 0 Å². The summed E-state index contributed by atoms with van der Waals surface area (Å²) in [7, 11) is 0. The van der Waals surface area contributed by atoms with Gasteiger partial charge >= 0.3 is 6.09 Å². The molecule has 0 bridgehead atoms. The number of nitrogens with one attached hydrogen (secondary N) is 1. The van der Waals surface area contributed by atoms with Crippen molar-refractivity contribution >= 4 is 23.5 Å².